The summed E-state index contributed by atoms with van der Waals surface area (Å²) in [6.45, 7) is 6.80. The van der Waals surface area contributed by atoms with Gasteiger partial charge in [0, 0.05) is 23.7 Å². The fraction of sp³-hybridized carbons (Fsp3) is 0.304. The largest absolute Gasteiger partial charge is 0.325 e. The molecule has 9 heteroatoms. The number of hydrogen-bond acceptors (Lipinski definition) is 5. The predicted molar refractivity (Wildman–Crippen MR) is 125 cm³/mol. The van der Waals surface area contributed by atoms with Crippen LogP contribution in [0.1, 0.15) is 29.8 Å². The summed E-state index contributed by atoms with van der Waals surface area (Å²) in [7, 11) is 0. The van der Waals surface area contributed by atoms with E-state index in [4.69, 9.17) is 5.10 Å². The van der Waals surface area contributed by atoms with E-state index in [9.17, 15) is 4.39 Å². The van der Waals surface area contributed by atoms with Crippen LogP contribution in [-0.4, -0.2) is 29.5 Å². The number of benzene rings is 1. The molecule has 4 aromatic rings. The van der Waals surface area contributed by atoms with Gasteiger partial charge in [0.1, 0.15) is 23.8 Å². The molecule has 1 fully saturated rings. The highest BCUT2D eigenvalue weighted by Gasteiger charge is 2.25. The molecule has 1 aromatic carbocycles. The molecule has 0 radical (unpaired) electrons. The molecule has 0 saturated heterocycles. The maximum Gasteiger partial charge on any atom is 0.159 e. The van der Waals surface area contributed by atoms with Crippen molar-refractivity contribution in [3.63, 3.8) is 0 Å². The maximum absolute atomic E-state index is 13.4. The Kier molecular flexibility index (Phi) is 5.28. The van der Waals surface area contributed by atoms with Gasteiger partial charge in [-0.1, -0.05) is 0 Å². The van der Waals surface area contributed by atoms with Gasteiger partial charge in [0.25, 0.3) is 0 Å². The van der Waals surface area contributed by atoms with Gasteiger partial charge in [-0.2, -0.15) is 10.2 Å². The van der Waals surface area contributed by atoms with Crippen LogP contribution in [0.5, 0.6) is 0 Å². The van der Waals surface area contributed by atoms with Gasteiger partial charge >= 0.3 is 0 Å². The molecule has 3 aromatic heterocycles. The first-order valence-electron chi connectivity index (χ1n) is 10.5. The van der Waals surface area contributed by atoms with Crippen LogP contribution in [0.25, 0.3) is 17.1 Å². The molecule has 32 heavy (non-hydrogen) atoms. The number of hydrogen-bond donors (Lipinski definition) is 1. The zero-order chi connectivity index (χ0) is 22.4. The van der Waals surface area contributed by atoms with E-state index in [1.807, 2.05) is 31.5 Å². The Morgan fingerprint density at radius 2 is 1.84 bits per heavy atom. The van der Waals surface area contributed by atoms with Gasteiger partial charge in [0.05, 0.1) is 21.6 Å². The average Bonchev–Trinajstić information content (AvgIpc) is 3.51. The quantitative estimate of drug-likeness (QED) is 0.381. The molecule has 0 unspecified atom stereocenters. The van der Waals surface area contributed by atoms with E-state index >= 15 is 0 Å². The highest BCUT2D eigenvalue weighted by atomic mass is 79.9. The Morgan fingerprint density at radius 3 is 2.50 bits per heavy atom. The molecule has 3 heterocycles. The second-order valence-corrected chi connectivity index (χ2v) is 9.03. The Morgan fingerprint density at radius 1 is 1.09 bits per heavy atom. The maximum atomic E-state index is 13.4. The number of anilines is 2. The third kappa shape index (κ3) is 3.92. The summed E-state index contributed by atoms with van der Waals surface area (Å²) in [5, 5.41) is 12.9. The second kappa shape index (κ2) is 8.12. The lowest BCUT2D eigenvalue weighted by Crippen LogP contribution is -2.09. The second-order valence-electron chi connectivity index (χ2n) is 8.24. The van der Waals surface area contributed by atoms with Crippen LogP contribution >= 0.6 is 15.9 Å². The van der Waals surface area contributed by atoms with Crippen molar-refractivity contribution in [1.82, 2.24) is 29.5 Å². The average molecular weight is 496 g/mol. The number of nitrogens with zero attached hydrogens (tertiary/aromatic N) is 6. The molecule has 1 N–H and O–H groups in total. The Balaban J connectivity index is 1.52. The molecule has 1 aliphatic rings. The van der Waals surface area contributed by atoms with E-state index in [0.717, 1.165) is 45.0 Å². The first-order valence-corrected chi connectivity index (χ1v) is 11.3. The van der Waals surface area contributed by atoms with Gasteiger partial charge in [-0.25, -0.2) is 23.7 Å². The Labute approximate surface area is 193 Å². The molecule has 0 spiro atoms. The highest BCUT2D eigenvalue weighted by molar-refractivity contribution is 9.10. The summed E-state index contributed by atoms with van der Waals surface area (Å²) >= 11 is 3.57. The monoisotopic (exact) mass is 495 g/mol. The van der Waals surface area contributed by atoms with Gasteiger partial charge in [-0.05, 0) is 79.7 Å². The van der Waals surface area contributed by atoms with Crippen LogP contribution in [0.15, 0.2) is 41.1 Å². The van der Waals surface area contributed by atoms with Gasteiger partial charge in [0.2, 0.25) is 0 Å². The molecular weight excluding hydrogens is 473 g/mol. The van der Waals surface area contributed by atoms with Crippen LogP contribution in [0, 0.1) is 32.5 Å². The van der Waals surface area contributed by atoms with Crippen molar-refractivity contribution in [1.29, 1.82) is 0 Å². The van der Waals surface area contributed by atoms with Gasteiger partial charge in [-0.15, -0.1) is 0 Å². The van der Waals surface area contributed by atoms with E-state index in [0.29, 0.717) is 17.6 Å². The molecule has 0 aliphatic heterocycles. The van der Waals surface area contributed by atoms with E-state index in [1.54, 1.807) is 16.8 Å². The molecule has 0 atom stereocenters. The zero-order valence-corrected chi connectivity index (χ0v) is 19.7. The molecule has 1 aliphatic carbocycles. The lowest BCUT2D eigenvalue weighted by Gasteiger charge is -2.11. The van der Waals surface area contributed by atoms with Gasteiger partial charge in [-0.3, -0.25) is 0 Å². The predicted octanol–water partition coefficient (Wildman–Crippen LogP) is 5.51. The van der Waals surface area contributed by atoms with Crippen LogP contribution in [0.3, 0.4) is 0 Å². The zero-order valence-electron chi connectivity index (χ0n) is 18.1. The minimum Gasteiger partial charge on any atom is -0.325 e. The summed E-state index contributed by atoms with van der Waals surface area (Å²) in [6.07, 6.45) is 3.96. The third-order valence-electron chi connectivity index (χ3n) is 5.75. The first-order chi connectivity index (χ1) is 15.4. The number of halogens is 2. The van der Waals surface area contributed by atoms with Crippen molar-refractivity contribution in [2.45, 2.75) is 40.2 Å². The fourth-order valence-electron chi connectivity index (χ4n) is 3.77. The first kappa shape index (κ1) is 20.8. The van der Waals surface area contributed by atoms with Crippen molar-refractivity contribution < 1.29 is 4.39 Å². The van der Waals surface area contributed by atoms with Crippen molar-refractivity contribution in [2.75, 3.05) is 5.32 Å². The minimum atomic E-state index is -0.258. The van der Waals surface area contributed by atoms with E-state index in [-0.39, 0.29) is 5.82 Å². The van der Waals surface area contributed by atoms with E-state index < -0.39 is 0 Å². The van der Waals surface area contributed by atoms with Crippen LogP contribution in [-0.2, 0) is 6.54 Å². The lowest BCUT2D eigenvalue weighted by molar-refractivity contribution is 0.571. The molecule has 1 saturated carbocycles. The molecule has 7 nitrogen and oxygen atoms in total. The number of aryl methyl sites for hydroxylation is 1. The highest BCUT2D eigenvalue weighted by Crippen LogP contribution is 2.35. The normalized spacial score (nSPS) is 13.5. The fourth-order valence-corrected chi connectivity index (χ4v) is 4.02. The van der Waals surface area contributed by atoms with Crippen LogP contribution in [0.4, 0.5) is 16.0 Å². The summed E-state index contributed by atoms with van der Waals surface area (Å²) in [5.74, 6) is 2.61. The number of nitrogens with one attached hydrogen (secondary N) is 1. The third-order valence-corrected chi connectivity index (χ3v) is 6.90. The SMILES string of the molecule is Cc1nn(-c2cc(Nc3c(C)c(-c4ccc(F)cc4)nn3CC3CC3)ncn2)c(C)c1Br. The number of aromatic nitrogens is 6. The van der Waals surface area contributed by atoms with E-state index in [1.165, 1.54) is 31.3 Å². The summed E-state index contributed by atoms with van der Waals surface area (Å²) in [5.41, 5.74) is 4.59. The summed E-state index contributed by atoms with van der Waals surface area (Å²) in [6, 6.07) is 8.33. The van der Waals surface area contributed by atoms with Crippen molar-refractivity contribution in [2.24, 2.45) is 5.92 Å². The molecule has 0 amide bonds. The lowest BCUT2D eigenvalue weighted by atomic mass is 10.1. The molecule has 0 bridgehead atoms. The smallest absolute Gasteiger partial charge is 0.159 e. The summed E-state index contributed by atoms with van der Waals surface area (Å²) < 4.78 is 18.2. The van der Waals surface area contributed by atoms with E-state index in [2.05, 4.69) is 36.3 Å². The standard InChI is InChI=1S/C23H23BrFN7/c1-13-22(17-6-8-18(25)9-7-17)30-31(11-16-4-5-16)23(13)28-19-10-20(27-12-26-19)32-15(3)21(24)14(2)29-32/h6-10,12,16H,4-5,11H2,1-3H3,(H,26,27,28). The molecular formula is C23H23BrFN7. The van der Waals surface area contributed by atoms with Crippen molar-refractivity contribution in [3.05, 3.63) is 63.9 Å². The summed E-state index contributed by atoms with van der Waals surface area (Å²) in [4.78, 5) is 8.83. The topological polar surface area (TPSA) is 73.5 Å². The molecule has 5 rings (SSSR count). The van der Waals surface area contributed by atoms with Crippen molar-refractivity contribution >= 4 is 27.6 Å². The number of rotatable bonds is 6. The van der Waals surface area contributed by atoms with Gasteiger partial charge in [0.15, 0.2) is 5.82 Å². The van der Waals surface area contributed by atoms with Gasteiger partial charge < -0.3 is 5.32 Å². The molecule has 164 valence electrons. The Bertz CT molecular complexity index is 1290. The Hall–Kier alpha value is -3.07. The minimum absolute atomic E-state index is 0.258. The van der Waals surface area contributed by atoms with Crippen LogP contribution in [0.2, 0.25) is 0 Å². The van der Waals surface area contributed by atoms with Crippen LogP contribution < -0.4 is 5.32 Å². The van der Waals surface area contributed by atoms with Crippen molar-refractivity contribution in [3.8, 4) is 17.1 Å².